The second-order valence-electron chi connectivity index (χ2n) is 10.8. The van der Waals surface area contributed by atoms with Gasteiger partial charge < -0.3 is 9.80 Å². The molecular formula is C28H31F3N4O. The number of carbonyl (C=O) groups is 1. The maximum atomic E-state index is 13.3. The molecule has 2 aromatic rings. The van der Waals surface area contributed by atoms with Crippen molar-refractivity contribution in [1.29, 1.82) is 0 Å². The second-order valence-corrected chi connectivity index (χ2v) is 10.8. The van der Waals surface area contributed by atoms with Crippen LogP contribution in [0, 0.1) is 5.92 Å². The molecule has 2 fully saturated rings. The lowest BCUT2D eigenvalue weighted by Gasteiger charge is -2.46. The third kappa shape index (κ3) is 3.90. The number of aromatic nitrogens is 1. The molecule has 5 nitrogen and oxygen atoms in total. The lowest BCUT2D eigenvalue weighted by atomic mass is 9.68. The maximum absolute atomic E-state index is 13.3. The zero-order chi connectivity index (χ0) is 25.1. The van der Waals surface area contributed by atoms with Gasteiger partial charge in [0.05, 0.1) is 5.56 Å². The minimum absolute atomic E-state index is 0.0743. The van der Waals surface area contributed by atoms with Crippen molar-refractivity contribution in [2.45, 2.75) is 50.4 Å². The number of hydrogen-bond donors (Lipinski definition) is 0. The fourth-order valence-corrected chi connectivity index (χ4v) is 6.71. The molecule has 1 aromatic heterocycles. The Morgan fingerprint density at radius 3 is 2.75 bits per heavy atom. The van der Waals surface area contributed by atoms with Crippen LogP contribution in [0.2, 0.25) is 0 Å². The molecule has 8 heteroatoms. The van der Waals surface area contributed by atoms with E-state index >= 15 is 0 Å². The lowest BCUT2D eigenvalue weighted by Crippen LogP contribution is -2.52. The molecule has 0 N–H and O–H groups in total. The molecule has 0 bridgehead atoms. The molecule has 1 aliphatic carbocycles. The Labute approximate surface area is 209 Å². The first-order chi connectivity index (χ1) is 17.2. The first-order valence-corrected chi connectivity index (χ1v) is 12.9. The molecule has 1 aromatic carbocycles. The van der Waals surface area contributed by atoms with Gasteiger partial charge in [-0.2, -0.15) is 13.2 Å². The minimum atomic E-state index is -4.43. The van der Waals surface area contributed by atoms with Crippen molar-refractivity contribution in [3.05, 3.63) is 70.6 Å². The number of piperidine rings is 1. The van der Waals surface area contributed by atoms with Gasteiger partial charge >= 0.3 is 12.2 Å². The number of fused-ring (bicyclic) bond motifs is 3. The van der Waals surface area contributed by atoms with Gasteiger partial charge in [0.25, 0.3) is 0 Å². The molecule has 0 radical (unpaired) electrons. The van der Waals surface area contributed by atoms with Gasteiger partial charge in [-0.15, -0.1) is 0 Å². The van der Waals surface area contributed by atoms with E-state index in [1.165, 1.54) is 11.1 Å². The Kier molecular flexibility index (Phi) is 5.63. The SMILES string of the molecule is C[C@H]1CN(C2CCN(C(=O)N3CCc4ncc(C(F)(F)F)cc4C3)C2)CC[C@@]12C=Cc1ccccc12. The summed E-state index contributed by atoms with van der Waals surface area (Å²) in [4.78, 5) is 23.4. The third-order valence-electron chi connectivity index (χ3n) is 8.81. The van der Waals surface area contributed by atoms with E-state index in [9.17, 15) is 18.0 Å². The van der Waals surface area contributed by atoms with Crippen molar-refractivity contribution < 1.29 is 18.0 Å². The molecule has 3 aliphatic heterocycles. The summed E-state index contributed by atoms with van der Waals surface area (Å²) >= 11 is 0. The Hall–Kier alpha value is -2.87. The number of likely N-dealkylation sites (tertiary alicyclic amines) is 2. The van der Waals surface area contributed by atoms with Gasteiger partial charge in [0.15, 0.2) is 0 Å². The van der Waals surface area contributed by atoms with Crippen LogP contribution < -0.4 is 0 Å². The minimum Gasteiger partial charge on any atom is -0.323 e. The number of pyridine rings is 1. The van der Waals surface area contributed by atoms with Crippen molar-refractivity contribution in [3.8, 4) is 0 Å². The lowest BCUT2D eigenvalue weighted by molar-refractivity contribution is -0.137. The van der Waals surface area contributed by atoms with E-state index in [1.54, 1.807) is 4.90 Å². The Morgan fingerprint density at radius 1 is 1.11 bits per heavy atom. The number of alkyl halides is 3. The summed E-state index contributed by atoms with van der Waals surface area (Å²) in [6, 6.07) is 10.1. The molecule has 1 spiro atoms. The van der Waals surface area contributed by atoms with Crippen LogP contribution in [0.4, 0.5) is 18.0 Å². The van der Waals surface area contributed by atoms with Gasteiger partial charge in [0, 0.05) is 62.5 Å². The number of benzene rings is 1. The molecule has 36 heavy (non-hydrogen) atoms. The van der Waals surface area contributed by atoms with E-state index in [0.717, 1.165) is 38.2 Å². The van der Waals surface area contributed by atoms with Crippen LogP contribution in [0.5, 0.6) is 0 Å². The van der Waals surface area contributed by atoms with Gasteiger partial charge in [-0.05, 0) is 48.1 Å². The Bertz CT molecular complexity index is 1210. The zero-order valence-electron chi connectivity index (χ0n) is 20.5. The number of allylic oxidation sites excluding steroid dienone is 1. The molecule has 6 rings (SSSR count). The van der Waals surface area contributed by atoms with E-state index in [2.05, 4.69) is 53.2 Å². The topological polar surface area (TPSA) is 39.7 Å². The number of urea groups is 1. The molecule has 2 amide bonds. The number of nitrogens with zero attached hydrogens (tertiary/aromatic N) is 4. The summed E-state index contributed by atoms with van der Waals surface area (Å²) < 4.78 is 39.4. The van der Waals surface area contributed by atoms with E-state index in [-0.39, 0.29) is 18.0 Å². The van der Waals surface area contributed by atoms with Gasteiger partial charge in [-0.1, -0.05) is 43.3 Å². The molecular weight excluding hydrogens is 465 g/mol. The van der Waals surface area contributed by atoms with Gasteiger partial charge in [-0.3, -0.25) is 9.88 Å². The monoisotopic (exact) mass is 496 g/mol. The molecule has 3 atom stereocenters. The largest absolute Gasteiger partial charge is 0.417 e. The second kappa shape index (κ2) is 8.61. The van der Waals surface area contributed by atoms with E-state index in [4.69, 9.17) is 0 Å². The van der Waals surface area contributed by atoms with Crippen molar-refractivity contribution >= 4 is 12.1 Å². The Balaban J connectivity index is 1.09. The third-order valence-corrected chi connectivity index (χ3v) is 8.81. The van der Waals surface area contributed by atoms with E-state index < -0.39 is 11.7 Å². The number of carbonyl (C=O) groups excluding carboxylic acids is 1. The fourth-order valence-electron chi connectivity index (χ4n) is 6.71. The fraction of sp³-hybridized carbons (Fsp3) is 0.500. The van der Waals surface area contributed by atoms with E-state index in [1.807, 2.05) is 4.90 Å². The predicted octanol–water partition coefficient (Wildman–Crippen LogP) is 4.96. The summed E-state index contributed by atoms with van der Waals surface area (Å²) in [6.45, 7) is 6.36. The molecule has 2 saturated heterocycles. The van der Waals surface area contributed by atoms with Crippen LogP contribution in [0.25, 0.3) is 6.08 Å². The molecule has 190 valence electrons. The van der Waals surface area contributed by atoms with Crippen LogP contribution in [0.15, 0.2) is 42.6 Å². The summed E-state index contributed by atoms with van der Waals surface area (Å²) in [5.41, 5.74) is 3.27. The molecule has 4 aliphatic rings. The highest BCUT2D eigenvalue weighted by Crippen LogP contribution is 2.47. The normalized spacial score (nSPS) is 28.0. The van der Waals surface area contributed by atoms with Crippen molar-refractivity contribution in [1.82, 2.24) is 19.7 Å². The zero-order valence-corrected chi connectivity index (χ0v) is 20.5. The summed E-state index contributed by atoms with van der Waals surface area (Å²) in [6.07, 6.45) is 3.61. The van der Waals surface area contributed by atoms with Crippen molar-refractivity contribution in [3.63, 3.8) is 0 Å². The van der Waals surface area contributed by atoms with Crippen LogP contribution in [0.3, 0.4) is 0 Å². The number of hydrogen-bond acceptors (Lipinski definition) is 3. The Morgan fingerprint density at radius 2 is 1.94 bits per heavy atom. The van der Waals surface area contributed by atoms with Crippen molar-refractivity contribution in [2.24, 2.45) is 5.92 Å². The van der Waals surface area contributed by atoms with Gasteiger partial charge in [0.2, 0.25) is 0 Å². The maximum Gasteiger partial charge on any atom is 0.417 e. The smallest absolute Gasteiger partial charge is 0.323 e. The standard InChI is InChI=1S/C28H31F3N4O/c1-19-16-33(13-10-27(19)9-6-20-4-2-3-5-24(20)27)23-7-11-35(18-23)26(36)34-12-8-25-21(17-34)14-22(15-32-25)28(29,30)31/h2-6,9,14-15,19,23H,7-8,10-13,16-18H2,1H3/t19-,23?,27-/m0/s1. The van der Waals surface area contributed by atoms with Crippen molar-refractivity contribution in [2.75, 3.05) is 32.7 Å². The van der Waals surface area contributed by atoms with E-state index in [0.29, 0.717) is 49.3 Å². The average molecular weight is 497 g/mol. The highest BCUT2D eigenvalue weighted by atomic mass is 19.4. The summed E-state index contributed by atoms with van der Waals surface area (Å²) in [5, 5.41) is 0. The molecule has 4 heterocycles. The predicted molar refractivity (Wildman–Crippen MR) is 131 cm³/mol. The van der Waals surface area contributed by atoms with Crippen LogP contribution >= 0.6 is 0 Å². The summed E-state index contributed by atoms with van der Waals surface area (Å²) in [5.74, 6) is 0.477. The van der Waals surface area contributed by atoms with Crippen LogP contribution in [-0.4, -0.2) is 64.5 Å². The highest BCUT2D eigenvalue weighted by Gasteiger charge is 2.45. The van der Waals surface area contributed by atoms with Crippen LogP contribution in [-0.2, 0) is 24.6 Å². The molecule has 1 unspecified atom stereocenters. The van der Waals surface area contributed by atoms with Gasteiger partial charge in [0.1, 0.15) is 0 Å². The first kappa shape index (κ1) is 23.5. The number of amides is 2. The summed E-state index contributed by atoms with van der Waals surface area (Å²) in [7, 11) is 0. The van der Waals surface area contributed by atoms with Gasteiger partial charge in [-0.25, -0.2) is 4.79 Å². The number of halogens is 3. The molecule has 0 saturated carbocycles. The quantitative estimate of drug-likeness (QED) is 0.560. The van der Waals surface area contributed by atoms with Crippen LogP contribution in [0.1, 0.15) is 47.7 Å². The highest BCUT2D eigenvalue weighted by molar-refractivity contribution is 5.75. The first-order valence-electron chi connectivity index (χ1n) is 12.9. The average Bonchev–Trinajstić information content (AvgIpc) is 3.51. The number of rotatable bonds is 1.